The second-order valence-corrected chi connectivity index (χ2v) is 8.21. The van der Waals surface area contributed by atoms with Gasteiger partial charge in [0.1, 0.15) is 5.60 Å². The van der Waals surface area contributed by atoms with Gasteiger partial charge in [0.25, 0.3) is 5.91 Å². The molecule has 1 aromatic carbocycles. The van der Waals surface area contributed by atoms with E-state index in [1.54, 1.807) is 31.3 Å². The van der Waals surface area contributed by atoms with Gasteiger partial charge in [0, 0.05) is 30.9 Å². The Bertz CT molecular complexity index is 712. The van der Waals surface area contributed by atoms with Gasteiger partial charge in [-0.25, -0.2) is 4.79 Å². The van der Waals surface area contributed by atoms with Gasteiger partial charge >= 0.3 is 6.09 Å². The third kappa shape index (κ3) is 7.73. The van der Waals surface area contributed by atoms with Gasteiger partial charge < -0.3 is 20.7 Å². The highest BCUT2D eigenvalue weighted by Gasteiger charge is 2.25. The van der Waals surface area contributed by atoms with Crippen molar-refractivity contribution in [2.75, 3.05) is 32.0 Å². The molecule has 1 aliphatic rings. The predicted molar refractivity (Wildman–Crippen MR) is 112 cm³/mol. The maximum Gasteiger partial charge on any atom is 0.407 e. The Hall–Kier alpha value is -2.61. The van der Waals surface area contributed by atoms with Gasteiger partial charge in [-0.15, -0.1) is 0 Å². The zero-order chi connectivity index (χ0) is 21.4. The summed E-state index contributed by atoms with van der Waals surface area (Å²) in [6.07, 6.45) is 2.57. The fourth-order valence-electron chi connectivity index (χ4n) is 3.25. The van der Waals surface area contributed by atoms with E-state index in [0.29, 0.717) is 17.8 Å². The Morgan fingerprint density at radius 2 is 1.83 bits per heavy atom. The number of alkyl carbamates (subject to hydrolysis) is 1. The molecule has 3 amide bonds. The van der Waals surface area contributed by atoms with Crippen LogP contribution in [0, 0.1) is 0 Å². The minimum Gasteiger partial charge on any atom is -0.444 e. The summed E-state index contributed by atoms with van der Waals surface area (Å²) in [4.78, 5) is 38.1. The number of hydrogen-bond donors (Lipinski definition) is 3. The average Bonchev–Trinajstić information content (AvgIpc) is 2.66. The van der Waals surface area contributed by atoms with E-state index in [2.05, 4.69) is 20.9 Å². The molecule has 1 heterocycles. The van der Waals surface area contributed by atoms with E-state index >= 15 is 0 Å². The predicted octanol–water partition coefficient (Wildman–Crippen LogP) is 2.36. The summed E-state index contributed by atoms with van der Waals surface area (Å²) in [6.45, 7) is 6.98. The van der Waals surface area contributed by atoms with Crippen molar-refractivity contribution >= 4 is 23.6 Å². The topological polar surface area (TPSA) is 99.8 Å². The van der Waals surface area contributed by atoms with Gasteiger partial charge in [-0.2, -0.15) is 0 Å². The molecule has 1 aliphatic heterocycles. The first-order chi connectivity index (χ1) is 13.7. The smallest absolute Gasteiger partial charge is 0.407 e. The Morgan fingerprint density at radius 1 is 1.14 bits per heavy atom. The molecule has 1 fully saturated rings. The first-order valence-corrected chi connectivity index (χ1v) is 10.0. The normalized spacial score (nSPS) is 17.3. The SMILES string of the molecule is CNC(=O)c1ccc(NC(=O)CN2CCCCC2CNC(=O)OC(C)(C)C)cc1. The Labute approximate surface area is 172 Å². The van der Waals surface area contributed by atoms with Gasteiger partial charge in [0.05, 0.1) is 6.54 Å². The number of rotatable bonds is 6. The van der Waals surface area contributed by atoms with E-state index in [1.165, 1.54) is 0 Å². The van der Waals surface area contributed by atoms with Crippen molar-refractivity contribution in [2.45, 2.75) is 51.7 Å². The van der Waals surface area contributed by atoms with Gasteiger partial charge in [-0.1, -0.05) is 6.42 Å². The molecule has 3 N–H and O–H groups in total. The van der Waals surface area contributed by atoms with Crippen LogP contribution in [0.4, 0.5) is 10.5 Å². The van der Waals surface area contributed by atoms with Crippen LogP contribution < -0.4 is 16.0 Å². The van der Waals surface area contributed by atoms with Crippen LogP contribution in [0.5, 0.6) is 0 Å². The van der Waals surface area contributed by atoms with Crippen molar-refractivity contribution in [3.05, 3.63) is 29.8 Å². The molecule has 0 saturated carbocycles. The molecule has 0 aromatic heterocycles. The van der Waals surface area contributed by atoms with Crippen LogP contribution in [-0.4, -0.2) is 61.1 Å². The molecule has 8 nitrogen and oxygen atoms in total. The number of hydrogen-bond acceptors (Lipinski definition) is 5. The van der Waals surface area contributed by atoms with Crippen LogP contribution >= 0.6 is 0 Å². The number of ether oxygens (including phenoxy) is 1. The molecule has 2 rings (SSSR count). The average molecular weight is 405 g/mol. The fourth-order valence-corrected chi connectivity index (χ4v) is 3.25. The summed E-state index contributed by atoms with van der Waals surface area (Å²) in [5.41, 5.74) is 0.640. The number of anilines is 1. The van der Waals surface area contributed by atoms with E-state index in [9.17, 15) is 14.4 Å². The highest BCUT2D eigenvalue weighted by molar-refractivity contribution is 5.96. The molecule has 0 spiro atoms. The molecule has 160 valence electrons. The number of carbonyl (C=O) groups excluding carboxylic acids is 3. The third-order valence-electron chi connectivity index (χ3n) is 4.63. The molecule has 1 saturated heterocycles. The maximum absolute atomic E-state index is 12.5. The summed E-state index contributed by atoms with van der Waals surface area (Å²) >= 11 is 0. The van der Waals surface area contributed by atoms with Crippen molar-refractivity contribution in [1.29, 1.82) is 0 Å². The quantitative estimate of drug-likeness (QED) is 0.676. The third-order valence-corrected chi connectivity index (χ3v) is 4.63. The molecule has 1 aromatic rings. The van der Waals surface area contributed by atoms with E-state index in [1.807, 2.05) is 20.8 Å². The number of amides is 3. The van der Waals surface area contributed by atoms with Crippen LogP contribution in [0.25, 0.3) is 0 Å². The number of carbonyl (C=O) groups is 3. The van der Waals surface area contributed by atoms with Crippen LogP contribution in [0.1, 0.15) is 50.4 Å². The van der Waals surface area contributed by atoms with Crippen LogP contribution in [0.15, 0.2) is 24.3 Å². The van der Waals surface area contributed by atoms with E-state index < -0.39 is 11.7 Å². The molecule has 8 heteroatoms. The van der Waals surface area contributed by atoms with Crippen molar-refractivity contribution in [1.82, 2.24) is 15.5 Å². The van der Waals surface area contributed by atoms with E-state index in [-0.39, 0.29) is 24.4 Å². The zero-order valence-electron chi connectivity index (χ0n) is 17.7. The van der Waals surface area contributed by atoms with Gasteiger partial charge in [-0.3, -0.25) is 14.5 Å². The van der Waals surface area contributed by atoms with Crippen LogP contribution in [0.3, 0.4) is 0 Å². The summed E-state index contributed by atoms with van der Waals surface area (Å²) in [7, 11) is 1.57. The lowest BCUT2D eigenvalue weighted by molar-refractivity contribution is -0.118. The second-order valence-electron chi connectivity index (χ2n) is 8.21. The van der Waals surface area contributed by atoms with Crippen molar-refractivity contribution in [2.24, 2.45) is 0 Å². The molecule has 0 bridgehead atoms. The maximum atomic E-state index is 12.5. The van der Waals surface area contributed by atoms with Gasteiger partial charge in [0.2, 0.25) is 5.91 Å². The minimum atomic E-state index is -0.538. The van der Waals surface area contributed by atoms with Crippen molar-refractivity contribution in [3.63, 3.8) is 0 Å². The molecule has 29 heavy (non-hydrogen) atoms. The van der Waals surface area contributed by atoms with Gasteiger partial charge in [0.15, 0.2) is 0 Å². The van der Waals surface area contributed by atoms with Crippen molar-refractivity contribution in [3.8, 4) is 0 Å². The van der Waals surface area contributed by atoms with Crippen LogP contribution in [0.2, 0.25) is 0 Å². The molecule has 1 atom stereocenters. The standard InChI is InChI=1S/C21H32N4O4/c1-21(2,3)29-20(28)23-13-17-7-5-6-12-25(17)14-18(26)24-16-10-8-15(9-11-16)19(27)22-4/h8-11,17H,5-7,12-14H2,1-4H3,(H,22,27)(H,23,28)(H,24,26). The monoisotopic (exact) mass is 404 g/mol. The zero-order valence-corrected chi connectivity index (χ0v) is 17.7. The van der Waals surface area contributed by atoms with Crippen molar-refractivity contribution < 1.29 is 19.1 Å². The number of benzene rings is 1. The Kier molecular flexibility index (Phi) is 8.01. The van der Waals surface area contributed by atoms with E-state index in [0.717, 1.165) is 25.8 Å². The number of piperidine rings is 1. The van der Waals surface area contributed by atoms with E-state index in [4.69, 9.17) is 4.74 Å². The largest absolute Gasteiger partial charge is 0.444 e. The first-order valence-electron chi connectivity index (χ1n) is 10.0. The number of nitrogens with one attached hydrogen (secondary N) is 3. The Balaban J connectivity index is 1.86. The highest BCUT2D eigenvalue weighted by atomic mass is 16.6. The number of likely N-dealkylation sites (tertiary alicyclic amines) is 1. The summed E-state index contributed by atoms with van der Waals surface area (Å²) in [5.74, 6) is -0.293. The summed E-state index contributed by atoms with van der Waals surface area (Å²) in [5, 5.41) is 8.24. The lowest BCUT2D eigenvalue weighted by atomic mass is 10.0. The molecule has 1 unspecified atom stereocenters. The second kappa shape index (κ2) is 10.2. The fraction of sp³-hybridized carbons (Fsp3) is 0.571. The lowest BCUT2D eigenvalue weighted by Crippen LogP contribution is -2.49. The molecular weight excluding hydrogens is 372 g/mol. The molecular formula is C21H32N4O4. The van der Waals surface area contributed by atoms with Gasteiger partial charge in [-0.05, 0) is 64.4 Å². The van der Waals surface area contributed by atoms with Crippen LogP contribution in [-0.2, 0) is 9.53 Å². The Morgan fingerprint density at radius 3 is 2.45 bits per heavy atom. The lowest BCUT2D eigenvalue weighted by Gasteiger charge is -2.35. The first kappa shape index (κ1) is 22.7. The molecule has 0 radical (unpaired) electrons. The highest BCUT2D eigenvalue weighted by Crippen LogP contribution is 2.17. The summed E-state index contributed by atoms with van der Waals surface area (Å²) in [6, 6.07) is 6.85. The minimum absolute atomic E-state index is 0.0950. The summed E-state index contributed by atoms with van der Waals surface area (Å²) < 4.78 is 5.28. The molecule has 0 aliphatic carbocycles. The number of nitrogens with zero attached hydrogens (tertiary/aromatic N) is 1.